The zero-order valence-corrected chi connectivity index (χ0v) is 17.7. The van der Waals surface area contributed by atoms with Crippen molar-refractivity contribution in [3.8, 4) is 0 Å². The van der Waals surface area contributed by atoms with Gasteiger partial charge in [-0.2, -0.15) is 5.10 Å². The maximum Gasteiger partial charge on any atom is 0.246 e. The van der Waals surface area contributed by atoms with Gasteiger partial charge in [-0.15, -0.1) is 16.4 Å². The number of anilines is 2. The van der Waals surface area contributed by atoms with Crippen LogP contribution in [0.25, 0.3) is 6.08 Å². The van der Waals surface area contributed by atoms with Gasteiger partial charge >= 0.3 is 0 Å². The minimum absolute atomic E-state index is 0.0475. The summed E-state index contributed by atoms with van der Waals surface area (Å²) in [5, 5.41) is 14.7. The van der Waals surface area contributed by atoms with Crippen molar-refractivity contribution in [1.82, 2.24) is 25.1 Å². The fourth-order valence-corrected chi connectivity index (χ4v) is 4.13. The van der Waals surface area contributed by atoms with E-state index in [0.717, 1.165) is 54.6 Å². The monoisotopic (exact) mass is 420 g/mol. The first kappa shape index (κ1) is 20.2. The molecule has 1 saturated heterocycles. The highest BCUT2D eigenvalue weighted by Crippen LogP contribution is 2.21. The molecule has 3 aromatic rings. The Labute approximate surface area is 179 Å². The predicted octanol–water partition coefficient (Wildman–Crippen LogP) is 3.87. The molecule has 30 heavy (non-hydrogen) atoms. The number of thiazole rings is 1. The van der Waals surface area contributed by atoms with Crippen molar-refractivity contribution in [2.45, 2.75) is 26.2 Å². The first-order chi connectivity index (χ1) is 14.7. The van der Waals surface area contributed by atoms with E-state index in [1.165, 1.54) is 0 Å². The molecule has 154 valence electrons. The summed E-state index contributed by atoms with van der Waals surface area (Å²) in [4.78, 5) is 23.1. The number of likely N-dealkylation sites (tertiary alicyclic amines) is 1. The Morgan fingerprint density at radius 1 is 1.27 bits per heavy atom. The molecule has 4 rings (SSSR count). The molecule has 1 atom stereocenters. The van der Waals surface area contributed by atoms with Gasteiger partial charge in [0.2, 0.25) is 5.91 Å². The van der Waals surface area contributed by atoms with E-state index in [9.17, 15) is 4.79 Å². The van der Waals surface area contributed by atoms with Crippen LogP contribution in [-0.2, 0) is 11.2 Å². The average molecular weight is 421 g/mol. The van der Waals surface area contributed by atoms with Gasteiger partial charge in [-0.1, -0.05) is 6.07 Å². The summed E-state index contributed by atoms with van der Waals surface area (Å²) in [6, 6.07) is 9.58. The van der Waals surface area contributed by atoms with Crippen molar-refractivity contribution in [3.05, 3.63) is 64.4 Å². The summed E-state index contributed by atoms with van der Waals surface area (Å²) in [6.45, 7) is 3.51. The highest BCUT2D eigenvalue weighted by Gasteiger charge is 2.23. The van der Waals surface area contributed by atoms with E-state index in [4.69, 9.17) is 0 Å². The molecular formula is C22H24N6OS. The molecule has 1 N–H and O–H groups in total. The molecule has 1 aliphatic rings. The van der Waals surface area contributed by atoms with Crippen LogP contribution in [-0.4, -0.2) is 44.1 Å². The third-order valence-electron chi connectivity index (χ3n) is 5.00. The number of nitrogens with one attached hydrogen (secondary N) is 1. The molecule has 8 heteroatoms. The Balaban J connectivity index is 1.31. The summed E-state index contributed by atoms with van der Waals surface area (Å²) in [7, 11) is 0. The zero-order valence-electron chi connectivity index (χ0n) is 16.9. The van der Waals surface area contributed by atoms with E-state index >= 15 is 0 Å². The van der Waals surface area contributed by atoms with Crippen LogP contribution in [0.1, 0.15) is 29.2 Å². The number of piperidine rings is 1. The Bertz CT molecular complexity index is 1000. The lowest BCUT2D eigenvalue weighted by Crippen LogP contribution is -2.39. The Morgan fingerprint density at radius 2 is 2.20 bits per heavy atom. The third-order valence-corrected chi connectivity index (χ3v) is 5.79. The van der Waals surface area contributed by atoms with Crippen LogP contribution < -0.4 is 5.32 Å². The van der Waals surface area contributed by atoms with Crippen LogP contribution in [0.15, 0.2) is 48.0 Å². The largest absolute Gasteiger partial charge is 0.339 e. The number of amides is 1. The summed E-state index contributed by atoms with van der Waals surface area (Å²) < 4.78 is 0. The van der Waals surface area contributed by atoms with Gasteiger partial charge < -0.3 is 10.2 Å². The molecule has 1 fully saturated rings. The van der Waals surface area contributed by atoms with Gasteiger partial charge in [-0.25, -0.2) is 9.97 Å². The first-order valence-electron chi connectivity index (χ1n) is 10.1. The van der Waals surface area contributed by atoms with Gasteiger partial charge in [0.25, 0.3) is 0 Å². The van der Waals surface area contributed by atoms with Crippen molar-refractivity contribution in [1.29, 1.82) is 0 Å². The number of carbonyl (C=O) groups excluding carboxylic acids is 1. The van der Waals surface area contributed by atoms with Gasteiger partial charge in [0.05, 0.1) is 16.4 Å². The Hall–Kier alpha value is -3.13. The molecule has 0 radical (unpaired) electrons. The van der Waals surface area contributed by atoms with Crippen LogP contribution in [0.5, 0.6) is 0 Å². The van der Waals surface area contributed by atoms with E-state index < -0.39 is 0 Å². The smallest absolute Gasteiger partial charge is 0.246 e. The molecule has 1 amide bonds. The van der Waals surface area contributed by atoms with Crippen LogP contribution in [0.2, 0.25) is 0 Å². The molecule has 0 saturated carbocycles. The number of hydrogen-bond donors (Lipinski definition) is 1. The van der Waals surface area contributed by atoms with E-state index in [0.29, 0.717) is 11.7 Å². The van der Waals surface area contributed by atoms with E-state index in [2.05, 4.69) is 25.5 Å². The summed E-state index contributed by atoms with van der Waals surface area (Å²) in [6.07, 6.45) is 8.08. The fourth-order valence-electron chi connectivity index (χ4n) is 3.55. The molecule has 1 aliphatic heterocycles. The van der Waals surface area contributed by atoms with E-state index in [1.807, 2.05) is 47.5 Å². The number of aromatic nitrogens is 4. The van der Waals surface area contributed by atoms with Gasteiger partial charge in [-0.3, -0.25) is 4.79 Å². The lowest BCUT2D eigenvalue weighted by Gasteiger charge is -2.32. The first-order valence-corrected chi connectivity index (χ1v) is 10.9. The van der Waals surface area contributed by atoms with Crippen LogP contribution in [0, 0.1) is 12.8 Å². The molecule has 0 bridgehead atoms. The van der Waals surface area contributed by atoms with Gasteiger partial charge in [0.15, 0.2) is 5.82 Å². The van der Waals surface area contributed by atoms with Crippen molar-refractivity contribution < 1.29 is 4.79 Å². The van der Waals surface area contributed by atoms with Gasteiger partial charge in [0.1, 0.15) is 5.82 Å². The quantitative estimate of drug-likeness (QED) is 0.610. The second-order valence-electron chi connectivity index (χ2n) is 7.37. The predicted molar refractivity (Wildman–Crippen MR) is 118 cm³/mol. The second-order valence-corrected chi connectivity index (χ2v) is 8.43. The van der Waals surface area contributed by atoms with Crippen LogP contribution in [0.4, 0.5) is 11.6 Å². The molecule has 3 aromatic heterocycles. The van der Waals surface area contributed by atoms with Gasteiger partial charge in [0, 0.05) is 30.7 Å². The SMILES string of the molecule is Cc1nc(/C=C/C(=O)N2CCCC(Cc3ccc(Nc4ccccn4)nn3)C2)cs1. The minimum Gasteiger partial charge on any atom is -0.339 e. The fraction of sp³-hybridized carbons (Fsp3) is 0.318. The number of rotatable bonds is 6. The number of hydrogen-bond acceptors (Lipinski definition) is 7. The molecular weight excluding hydrogens is 396 g/mol. The number of pyridine rings is 1. The van der Waals surface area contributed by atoms with Crippen molar-refractivity contribution in [2.75, 3.05) is 18.4 Å². The molecule has 4 heterocycles. The molecule has 7 nitrogen and oxygen atoms in total. The van der Waals surface area contributed by atoms with Crippen LogP contribution in [0.3, 0.4) is 0 Å². The Morgan fingerprint density at radius 3 is 2.93 bits per heavy atom. The highest BCUT2D eigenvalue weighted by molar-refractivity contribution is 7.09. The zero-order chi connectivity index (χ0) is 20.8. The van der Waals surface area contributed by atoms with E-state index in [-0.39, 0.29) is 5.91 Å². The standard InChI is InChI=1S/C22H24N6OS/c1-16-24-19(15-30-16)8-10-22(29)28-12-4-5-17(14-28)13-18-7-9-21(27-26-18)25-20-6-2-3-11-23-20/h2-3,6-11,15,17H,4-5,12-14H2,1H3,(H,23,25,27)/b10-8+. The normalized spacial score (nSPS) is 16.7. The maximum atomic E-state index is 12.6. The number of carbonyl (C=O) groups is 1. The van der Waals surface area contributed by atoms with Crippen LogP contribution >= 0.6 is 11.3 Å². The molecule has 0 spiro atoms. The number of aryl methyl sites for hydroxylation is 1. The second kappa shape index (κ2) is 9.58. The maximum absolute atomic E-state index is 12.6. The number of nitrogens with zero attached hydrogens (tertiary/aromatic N) is 5. The Kier molecular flexibility index (Phi) is 6.44. The molecule has 0 aliphatic carbocycles. The lowest BCUT2D eigenvalue weighted by molar-refractivity contribution is -0.127. The minimum atomic E-state index is 0.0475. The van der Waals surface area contributed by atoms with Crippen molar-refractivity contribution in [2.24, 2.45) is 5.92 Å². The third kappa shape index (κ3) is 5.48. The van der Waals surface area contributed by atoms with Crippen molar-refractivity contribution >= 4 is 35.0 Å². The highest BCUT2D eigenvalue weighted by atomic mass is 32.1. The lowest BCUT2D eigenvalue weighted by atomic mass is 9.93. The average Bonchev–Trinajstić information content (AvgIpc) is 3.19. The van der Waals surface area contributed by atoms with Crippen molar-refractivity contribution in [3.63, 3.8) is 0 Å². The molecule has 0 aromatic carbocycles. The van der Waals surface area contributed by atoms with Gasteiger partial charge in [-0.05, 0) is 62.4 Å². The topological polar surface area (TPSA) is 83.9 Å². The summed E-state index contributed by atoms with van der Waals surface area (Å²) in [5.41, 5.74) is 1.78. The van der Waals surface area contributed by atoms with E-state index in [1.54, 1.807) is 29.7 Å². The summed E-state index contributed by atoms with van der Waals surface area (Å²) >= 11 is 1.59. The molecule has 1 unspecified atom stereocenters. The summed E-state index contributed by atoms with van der Waals surface area (Å²) in [5.74, 6) is 1.84.